The Morgan fingerprint density at radius 2 is 2.09 bits per heavy atom. The highest BCUT2D eigenvalue weighted by atomic mass is 79.9. The van der Waals surface area contributed by atoms with E-state index in [0.29, 0.717) is 0 Å². The van der Waals surface area contributed by atoms with Crippen LogP contribution in [0.4, 0.5) is 9.18 Å². The van der Waals surface area contributed by atoms with Gasteiger partial charge in [0, 0.05) is 6.54 Å². The van der Waals surface area contributed by atoms with Gasteiger partial charge in [-0.25, -0.2) is 27.9 Å². The van der Waals surface area contributed by atoms with Crippen molar-refractivity contribution in [3.63, 3.8) is 0 Å². The molecule has 0 saturated heterocycles. The minimum Gasteiger partial charge on any atom is -0.449 e. The van der Waals surface area contributed by atoms with Gasteiger partial charge < -0.3 is 4.74 Å². The van der Waals surface area contributed by atoms with Crippen LogP contribution in [0.15, 0.2) is 36.6 Å². The molecule has 0 atom stereocenters. The molecule has 0 radical (unpaired) electrons. The third kappa shape index (κ3) is 5.57. The molecule has 0 aliphatic heterocycles. The fourth-order valence-electron chi connectivity index (χ4n) is 2.56. The highest BCUT2D eigenvalue weighted by Gasteiger charge is 2.23. The first-order chi connectivity index (χ1) is 15.2. The number of hydrogen-bond donors (Lipinski definition) is 2. The fourth-order valence-corrected chi connectivity index (χ4v) is 3.69. The van der Waals surface area contributed by atoms with E-state index >= 15 is 0 Å². The van der Waals surface area contributed by atoms with Gasteiger partial charge >= 0.3 is 22.1 Å². The summed E-state index contributed by atoms with van der Waals surface area (Å²) in [5.74, 6) is -1.40. The summed E-state index contributed by atoms with van der Waals surface area (Å²) < 4.78 is 56.1. The lowest BCUT2D eigenvalue weighted by Crippen LogP contribution is -2.41. The molecule has 3 rings (SSSR count). The average molecular weight is 535 g/mol. The van der Waals surface area contributed by atoms with Gasteiger partial charge in [-0.1, -0.05) is 10.3 Å². The molecule has 16 heteroatoms. The molecule has 1 aromatic carbocycles. The zero-order valence-electron chi connectivity index (χ0n) is 16.4. The van der Waals surface area contributed by atoms with Gasteiger partial charge in [0.05, 0.1) is 16.8 Å². The number of carbonyl (C=O) groups excluding carboxylic acids is 1. The van der Waals surface area contributed by atoms with Crippen LogP contribution < -0.4 is 15.2 Å². The van der Waals surface area contributed by atoms with Crippen molar-refractivity contribution in [2.24, 2.45) is 0 Å². The van der Waals surface area contributed by atoms with Gasteiger partial charge in [-0.2, -0.15) is 13.1 Å². The Hall–Kier alpha value is -3.11. The minimum atomic E-state index is -4.10. The number of nitrogens with one attached hydrogen (secondary N) is 2. The van der Waals surface area contributed by atoms with Crippen molar-refractivity contribution in [2.75, 3.05) is 13.2 Å². The molecule has 0 bridgehead atoms. The molecule has 1 amide bonds. The zero-order chi connectivity index (χ0) is 23.3. The topological polar surface area (TPSA) is 171 Å². The Labute approximate surface area is 188 Å². The number of aryl methyl sites for hydroxylation is 1. The Balaban J connectivity index is 1.71. The van der Waals surface area contributed by atoms with E-state index in [1.165, 1.54) is 19.1 Å². The standard InChI is InChI=1S/C16H16BrFN6O7S/c1-2-29-15(25)23-32(27,28)19-7-3-4-12-13(21-31-20-12)14-22-30-16(26)24(14)9-5-6-11(18)10(17)8-9/h5-6,8,19H,2-4,7H2,1H3,(H,23,25). The van der Waals surface area contributed by atoms with Crippen LogP contribution in [0.2, 0.25) is 0 Å². The van der Waals surface area contributed by atoms with Crippen molar-refractivity contribution in [1.82, 2.24) is 29.5 Å². The van der Waals surface area contributed by atoms with E-state index in [-0.39, 0.29) is 53.4 Å². The maximum atomic E-state index is 13.6. The van der Waals surface area contributed by atoms with Gasteiger partial charge in [0.2, 0.25) is 5.82 Å². The van der Waals surface area contributed by atoms with Crippen LogP contribution in [0.5, 0.6) is 0 Å². The number of amides is 1. The molecule has 0 unspecified atom stereocenters. The molecular weight excluding hydrogens is 519 g/mol. The highest BCUT2D eigenvalue weighted by Crippen LogP contribution is 2.24. The van der Waals surface area contributed by atoms with E-state index in [9.17, 15) is 22.4 Å². The summed E-state index contributed by atoms with van der Waals surface area (Å²) in [6.45, 7) is 1.50. The molecule has 0 spiro atoms. The van der Waals surface area contributed by atoms with E-state index in [0.717, 1.165) is 10.6 Å². The molecule has 3 aromatic rings. The maximum Gasteiger partial charge on any atom is 0.446 e. The summed E-state index contributed by atoms with van der Waals surface area (Å²) in [5, 5.41) is 11.2. The number of halogens is 2. The molecule has 0 aliphatic rings. The third-order valence-electron chi connectivity index (χ3n) is 3.91. The lowest BCUT2D eigenvalue weighted by molar-refractivity contribution is 0.158. The van der Waals surface area contributed by atoms with Gasteiger partial charge in [-0.3, -0.25) is 4.52 Å². The van der Waals surface area contributed by atoms with Gasteiger partial charge in [0.15, 0.2) is 5.69 Å². The molecule has 32 heavy (non-hydrogen) atoms. The Morgan fingerprint density at radius 1 is 1.31 bits per heavy atom. The largest absolute Gasteiger partial charge is 0.449 e. The molecule has 2 aromatic heterocycles. The second-order valence-corrected chi connectivity index (χ2v) is 8.44. The van der Waals surface area contributed by atoms with E-state index in [4.69, 9.17) is 9.15 Å². The number of aromatic nitrogens is 4. The Kier molecular flexibility index (Phi) is 7.37. The molecule has 0 saturated carbocycles. The first-order valence-corrected chi connectivity index (χ1v) is 11.3. The van der Waals surface area contributed by atoms with Crippen molar-refractivity contribution in [1.29, 1.82) is 0 Å². The normalized spacial score (nSPS) is 11.5. The quantitative estimate of drug-likeness (QED) is 0.381. The van der Waals surface area contributed by atoms with E-state index in [1.807, 2.05) is 0 Å². The molecule has 13 nitrogen and oxygen atoms in total. The summed E-state index contributed by atoms with van der Waals surface area (Å²) in [6.07, 6.45) is -0.691. The number of nitrogens with zero attached hydrogens (tertiary/aromatic N) is 4. The zero-order valence-corrected chi connectivity index (χ0v) is 18.8. The van der Waals surface area contributed by atoms with E-state index < -0.39 is 27.9 Å². The SMILES string of the molecule is CCOC(=O)NS(=O)(=O)NCCCc1nonc1-c1noc(=O)n1-c1ccc(F)c(Br)c1. The summed E-state index contributed by atoms with van der Waals surface area (Å²) in [5.41, 5.74) is 0.612. The first-order valence-electron chi connectivity index (χ1n) is 9.02. The number of hydrogen-bond acceptors (Lipinski definition) is 10. The average Bonchev–Trinajstić information content (AvgIpc) is 3.33. The third-order valence-corrected chi connectivity index (χ3v) is 5.54. The molecule has 2 heterocycles. The molecule has 0 aliphatic carbocycles. The van der Waals surface area contributed by atoms with Crippen molar-refractivity contribution in [2.45, 2.75) is 19.8 Å². The van der Waals surface area contributed by atoms with Gasteiger partial charge in [-0.15, -0.1) is 0 Å². The van der Waals surface area contributed by atoms with Crippen molar-refractivity contribution >= 4 is 32.2 Å². The van der Waals surface area contributed by atoms with Crippen LogP contribution in [0.3, 0.4) is 0 Å². The molecule has 172 valence electrons. The summed E-state index contributed by atoms with van der Waals surface area (Å²) in [6, 6.07) is 3.86. The predicted molar refractivity (Wildman–Crippen MR) is 108 cm³/mol. The van der Waals surface area contributed by atoms with Crippen molar-refractivity contribution in [3.8, 4) is 17.2 Å². The Bertz CT molecular complexity index is 1270. The van der Waals surface area contributed by atoms with Crippen LogP contribution in [-0.2, 0) is 21.4 Å². The van der Waals surface area contributed by atoms with Crippen LogP contribution >= 0.6 is 15.9 Å². The molecule has 0 fully saturated rings. The first kappa shape index (κ1) is 23.6. The molecule has 2 N–H and O–H groups in total. The second kappa shape index (κ2) is 10.0. The van der Waals surface area contributed by atoms with Gasteiger partial charge in [0.1, 0.15) is 11.5 Å². The Morgan fingerprint density at radius 3 is 2.81 bits per heavy atom. The number of rotatable bonds is 9. The second-order valence-electron chi connectivity index (χ2n) is 6.09. The van der Waals surface area contributed by atoms with Crippen LogP contribution in [-0.4, -0.2) is 47.7 Å². The van der Waals surface area contributed by atoms with E-state index in [2.05, 4.69) is 40.9 Å². The lowest BCUT2D eigenvalue weighted by Gasteiger charge is -2.07. The van der Waals surface area contributed by atoms with Crippen LogP contribution in [0, 0.1) is 5.82 Å². The summed E-state index contributed by atoms with van der Waals surface area (Å²) >= 11 is 3.05. The summed E-state index contributed by atoms with van der Waals surface area (Å²) in [4.78, 5) is 23.4. The number of carbonyl (C=O) groups is 1. The number of benzene rings is 1. The van der Waals surface area contributed by atoms with Crippen molar-refractivity contribution in [3.05, 3.63) is 44.7 Å². The maximum absolute atomic E-state index is 13.6. The monoisotopic (exact) mass is 534 g/mol. The molecular formula is C16H16BrFN6O7S. The predicted octanol–water partition coefficient (Wildman–Crippen LogP) is 1.29. The van der Waals surface area contributed by atoms with Crippen LogP contribution in [0.1, 0.15) is 19.0 Å². The smallest absolute Gasteiger partial charge is 0.446 e. The minimum absolute atomic E-state index is 0.0191. The van der Waals surface area contributed by atoms with Crippen LogP contribution in [0.25, 0.3) is 17.2 Å². The van der Waals surface area contributed by atoms with Gasteiger partial charge in [-0.05, 0) is 59.1 Å². The number of ether oxygens (including phenoxy) is 1. The summed E-state index contributed by atoms with van der Waals surface area (Å²) in [7, 11) is -4.10. The van der Waals surface area contributed by atoms with Crippen molar-refractivity contribution < 1.29 is 31.5 Å². The van der Waals surface area contributed by atoms with Gasteiger partial charge in [0.25, 0.3) is 0 Å². The fraction of sp³-hybridized carbons (Fsp3) is 0.312. The highest BCUT2D eigenvalue weighted by molar-refractivity contribution is 9.10. The van der Waals surface area contributed by atoms with E-state index in [1.54, 1.807) is 4.72 Å². The lowest BCUT2D eigenvalue weighted by atomic mass is 10.2.